The molecular weight excluding hydrogens is 411 g/mol. The van der Waals surface area contributed by atoms with Crippen molar-refractivity contribution < 1.29 is 13.9 Å². The van der Waals surface area contributed by atoms with Gasteiger partial charge in [-0.15, -0.1) is 0 Å². The van der Waals surface area contributed by atoms with Crippen molar-refractivity contribution in [2.45, 2.75) is 18.8 Å². The predicted octanol–water partition coefficient (Wildman–Crippen LogP) is 3.30. The van der Waals surface area contributed by atoms with Gasteiger partial charge in [0.15, 0.2) is 11.5 Å². The molecule has 1 saturated heterocycles. The summed E-state index contributed by atoms with van der Waals surface area (Å²) in [5.74, 6) is 0.978. The van der Waals surface area contributed by atoms with Gasteiger partial charge < -0.3 is 9.64 Å². The van der Waals surface area contributed by atoms with Gasteiger partial charge in [0.05, 0.1) is 7.11 Å². The summed E-state index contributed by atoms with van der Waals surface area (Å²) in [6.07, 6.45) is 5.25. The van der Waals surface area contributed by atoms with Crippen LogP contribution in [-0.2, 0) is 7.05 Å². The van der Waals surface area contributed by atoms with Crippen molar-refractivity contribution in [3.05, 3.63) is 66.1 Å². The lowest BCUT2D eigenvalue weighted by Gasteiger charge is -2.31. The van der Waals surface area contributed by atoms with Gasteiger partial charge >= 0.3 is 0 Å². The van der Waals surface area contributed by atoms with E-state index in [1.165, 1.54) is 12.1 Å². The maximum Gasteiger partial charge on any atom is 0.272 e. The molecule has 0 spiro atoms. The lowest BCUT2D eigenvalue weighted by atomic mass is 9.97. The molecule has 8 nitrogen and oxygen atoms in total. The summed E-state index contributed by atoms with van der Waals surface area (Å²) in [5, 5.41) is 8.79. The second-order valence-corrected chi connectivity index (χ2v) is 7.97. The van der Waals surface area contributed by atoms with E-state index in [1.807, 2.05) is 23.2 Å². The molecule has 164 valence electrons. The van der Waals surface area contributed by atoms with Gasteiger partial charge in [-0.2, -0.15) is 10.2 Å². The van der Waals surface area contributed by atoms with Crippen molar-refractivity contribution >= 4 is 11.6 Å². The summed E-state index contributed by atoms with van der Waals surface area (Å²) in [7, 11) is 3.33. The van der Waals surface area contributed by atoms with Crippen molar-refractivity contribution in [2.75, 3.05) is 20.2 Å². The molecule has 0 saturated carbocycles. The van der Waals surface area contributed by atoms with E-state index in [9.17, 15) is 9.18 Å². The standard InChI is InChI=1S/C23H23FN6O2/c1-28-19(9-10-25-28)23(31)29-11-3-4-16(13-29)22-26-21-8-5-15(14-30(21)27-22)18-12-17(24)6-7-20(18)32-2/h5-10,12,14,16H,3-4,11,13H2,1-2H3. The number of halogens is 1. The first-order chi connectivity index (χ1) is 15.5. The fourth-order valence-electron chi connectivity index (χ4n) is 4.26. The summed E-state index contributed by atoms with van der Waals surface area (Å²) in [6.45, 7) is 1.27. The van der Waals surface area contributed by atoms with Crippen LogP contribution in [-0.4, -0.2) is 55.4 Å². The second kappa shape index (κ2) is 8.07. The van der Waals surface area contributed by atoms with Crippen molar-refractivity contribution in [1.82, 2.24) is 29.3 Å². The fraction of sp³-hybridized carbons (Fsp3) is 0.304. The molecular formula is C23H23FN6O2. The van der Waals surface area contributed by atoms with Crippen LogP contribution in [0.3, 0.4) is 0 Å². The van der Waals surface area contributed by atoms with E-state index in [4.69, 9.17) is 14.8 Å². The Morgan fingerprint density at radius 3 is 2.88 bits per heavy atom. The van der Waals surface area contributed by atoms with Gasteiger partial charge in [0.25, 0.3) is 5.91 Å². The first-order valence-electron chi connectivity index (χ1n) is 10.5. The number of aromatic nitrogens is 5. The predicted molar refractivity (Wildman–Crippen MR) is 116 cm³/mol. The molecule has 1 aliphatic rings. The van der Waals surface area contributed by atoms with Gasteiger partial charge in [-0.3, -0.25) is 9.48 Å². The van der Waals surface area contributed by atoms with Crippen LogP contribution >= 0.6 is 0 Å². The number of nitrogens with zero attached hydrogens (tertiary/aromatic N) is 6. The summed E-state index contributed by atoms with van der Waals surface area (Å²) in [4.78, 5) is 19.4. The number of ether oxygens (including phenoxy) is 1. The number of aryl methyl sites for hydroxylation is 1. The average molecular weight is 434 g/mol. The number of carbonyl (C=O) groups excluding carboxylic acids is 1. The molecule has 0 bridgehead atoms. The second-order valence-electron chi connectivity index (χ2n) is 7.97. The highest BCUT2D eigenvalue weighted by Crippen LogP contribution is 2.31. The summed E-state index contributed by atoms with van der Waals surface area (Å²) >= 11 is 0. The third-order valence-electron chi connectivity index (χ3n) is 5.93. The number of rotatable bonds is 4. The zero-order chi connectivity index (χ0) is 22.2. The zero-order valence-corrected chi connectivity index (χ0v) is 17.9. The average Bonchev–Trinajstić information content (AvgIpc) is 3.44. The highest BCUT2D eigenvalue weighted by Gasteiger charge is 2.29. The molecule has 9 heteroatoms. The molecule has 0 N–H and O–H groups in total. The SMILES string of the molecule is COc1ccc(F)cc1-c1ccc2nc(C3CCCN(C(=O)c4ccnn4C)C3)nn2c1. The molecule has 5 rings (SSSR count). The Morgan fingerprint density at radius 2 is 2.09 bits per heavy atom. The van der Waals surface area contributed by atoms with Crippen molar-refractivity contribution in [2.24, 2.45) is 7.05 Å². The van der Waals surface area contributed by atoms with Gasteiger partial charge in [0, 0.05) is 49.6 Å². The summed E-state index contributed by atoms with van der Waals surface area (Å²) < 4.78 is 22.5. The number of benzene rings is 1. The normalized spacial score (nSPS) is 16.5. The van der Waals surface area contributed by atoms with E-state index in [1.54, 1.807) is 41.7 Å². The number of fused-ring (bicyclic) bond motifs is 1. The molecule has 0 radical (unpaired) electrons. The molecule has 1 amide bonds. The lowest BCUT2D eigenvalue weighted by molar-refractivity contribution is 0.0693. The Labute approximate surface area is 184 Å². The number of carbonyl (C=O) groups is 1. The van der Waals surface area contributed by atoms with E-state index in [0.717, 1.165) is 18.4 Å². The van der Waals surface area contributed by atoms with Crippen molar-refractivity contribution in [3.63, 3.8) is 0 Å². The molecule has 1 aliphatic heterocycles. The maximum absolute atomic E-state index is 13.8. The number of amides is 1. The number of hydrogen-bond acceptors (Lipinski definition) is 5. The van der Waals surface area contributed by atoms with Gasteiger partial charge in [0.2, 0.25) is 0 Å². The monoisotopic (exact) mass is 434 g/mol. The Kier molecular flexibility index (Phi) is 5.08. The molecule has 32 heavy (non-hydrogen) atoms. The summed E-state index contributed by atoms with van der Waals surface area (Å²) in [5.41, 5.74) is 2.70. The van der Waals surface area contributed by atoms with Crippen LogP contribution in [0.15, 0.2) is 48.8 Å². The third-order valence-corrected chi connectivity index (χ3v) is 5.93. The van der Waals surface area contributed by atoms with Gasteiger partial charge in [0.1, 0.15) is 17.3 Å². The van der Waals surface area contributed by atoms with Gasteiger partial charge in [-0.1, -0.05) is 0 Å². The molecule has 0 aliphatic carbocycles. The van der Waals surface area contributed by atoms with Crippen LogP contribution in [0.1, 0.15) is 35.1 Å². The van der Waals surface area contributed by atoms with Gasteiger partial charge in [-0.25, -0.2) is 13.9 Å². The largest absolute Gasteiger partial charge is 0.496 e. The summed E-state index contributed by atoms with van der Waals surface area (Å²) in [6, 6.07) is 9.90. The number of hydrogen-bond donors (Lipinski definition) is 0. The number of piperidine rings is 1. The minimum atomic E-state index is -0.333. The zero-order valence-electron chi connectivity index (χ0n) is 17.9. The molecule has 4 aromatic rings. The lowest BCUT2D eigenvalue weighted by Crippen LogP contribution is -2.40. The van der Waals surface area contributed by atoms with Crippen LogP contribution < -0.4 is 4.74 Å². The van der Waals surface area contributed by atoms with E-state index < -0.39 is 0 Å². The van der Waals surface area contributed by atoms with Crippen LogP contribution in [0.5, 0.6) is 5.75 Å². The minimum absolute atomic E-state index is 0.0288. The van der Waals surface area contributed by atoms with Crippen molar-refractivity contribution in [3.8, 4) is 16.9 Å². The van der Waals surface area contributed by atoms with Gasteiger partial charge in [-0.05, 0) is 49.2 Å². The van der Waals surface area contributed by atoms with Crippen LogP contribution in [0.25, 0.3) is 16.8 Å². The molecule has 1 fully saturated rings. The Morgan fingerprint density at radius 1 is 1.22 bits per heavy atom. The first-order valence-corrected chi connectivity index (χ1v) is 10.5. The number of pyridine rings is 1. The minimum Gasteiger partial charge on any atom is -0.496 e. The highest BCUT2D eigenvalue weighted by molar-refractivity contribution is 5.92. The fourth-order valence-corrected chi connectivity index (χ4v) is 4.26. The van der Waals surface area contributed by atoms with Crippen LogP contribution in [0.2, 0.25) is 0 Å². The maximum atomic E-state index is 13.8. The van der Waals surface area contributed by atoms with Crippen LogP contribution in [0, 0.1) is 5.82 Å². The molecule has 1 aromatic carbocycles. The topological polar surface area (TPSA) is 77.5 Å². The van der Waals surface area contributed by atoms with E-state index in [2.05, 4.69) is 5.10 Å². The van der Waals surface area contributed by atoms with E-state index in [-0.39, 0.29) is 17.6 Å². The smallest absolute Gasteiger partial charge is 0.272 e. The Bertz CT molecular complexity index is 1300. The molecule has 4 heterocycles. The van der Waals surface area contributed by atoms with E-state index in [0.29, 0.717) is 41.6 Å². The van der Waals surface area contributed by atoms with Crippen LogP contribution in [0.4, 0.5) is 4.39 Å². The van der Waals surface area contributed by atoms with Crippen molar-refractivity contribution in [1.29, 1.82) is 0 Å². The molecule has 1 atom stereocenters. The third kappa shape index (κ3) is 3.59. The number of methoxy groups -OCH3 is 1. The molecule has 3 aromatic heterocycles. The molecule has 1 unspecified atom stereocenters. The quantitative estimate of drug-likeness (QED) is 0.493. The highest BCUT2D eigenvalue weighted by atomic mass is 19.1. The number of likely N-dealkylation sites (tertiary alicyclic amines) is 1. The first kappa shape index (κ1) is 20.2. The van der Waals surface area contributed by atoms with E-state index >= 15 is 0 Å². The Hall–Kier alpha value is -3.75. The Balaban J connectivity index is 1.42.